The van der Waals surface area contributed by atoms with Gasteiger partial charge in [-0.1, -0.05) is 59.4 Å². The van der Waals surface area contributed by atoms with Gasteiger partial charge < -0.3 is 14.6 Å². The monoisotopic (exact) mass is 459 g/mol. The van der Waals surface area contributed by atoms with Crippen LogP contribution in [0.25, 0.3) is 0 Å². The van der Waals surface area contributed by atoms with E-state index in [1.807, 2.05) is 26.8 Å². The van der Waals surface area contributed by atoms with Gasteiger partial charge in [0, 0.05) is 12.2 Å². The quantitative estimate of drug-likeness (QED) is 0.175. The molecule has 1 aromatic rings. The van der Waals surface area contributed by atoms with Crippen molar-refractivity contribution in [1.29, 1.82) is 5.26 Å². The zero-order valence-corrected chi connectivity index (χ0v) is 20.3. The summed E-state index contributed by atoms with van der Waals surface area (Å²) < 4.78 is 9.94. The minimum absolute atomic E-state index is 0.0976. The van der Waals surface area contributed by atoms with Crippen LogP contribution in [0, 0.1) is 11.3 Å². The van der Waals surface area contributed by atoms with Crippen molar-refractivity contribution in [3.63, 3.8) is 0 Å². The number of esters is 2. The minimum atomic E-state index is -1.06. The normalized spacial score (nSPS) is 10.2. The van der Waals surface area contributed by atoms with E-state index in [0.29, 0.717) is 19.6 Å². The zero-order valence-electron chi connectivity index (χ0n) is 20.3. The number of nitriles is 1. The van der Waals surface area contributed by atoms with Crippen LogP contribution in [0.2, 0.25) is 0 Å². The Morgan fingerprint density at radius 2 is 1.61 bits per heavy atom. The Labute approximate surface area is 197 Å². The van der Waals surface area contributed by atoms with Crippen molar-refractivity contribution >= 4 is 17.9 Å². The van der Waals surface area contributed by atoms with Gasteiger partial charge >= 0.3 is 17.9 Å². The summed E-state index contributed by atoms with van der Waals surface area (Å²) in [5.74, 6) is -2.05. The molecule has 0 fully saturated rings. The highest BCUT2D eigenvalue weighted by Gasteiger charge is 2.22. The van der Waals surface area contributed by atoms with Gasteiger partial charge in [-0.15, -0.1) is 0 Å². The number of aryl methyl sites for hydroxylation is 1. The molecule has 0 saturated heterocycles. The van der Waals surface area contributed by atoms with Crippen molar-refractivity contribution < 1.29 is 29.0 Å². The van der Waals surface area contributed by atoms with Gasteiger partial charge in [-0.3, -0.25) is 0 Å². The lowest BCUT2D eigenvalue weighted by Crippen LogP contribution is -2.16. The Bertz CT molecular complexity index is 823. The largest absolute Gasteiger partial charge is 0.478 e. The van der Waals surface area contributed by atoms with Crippen molar-refractivity contribution in [3.05, 3.63) is 46.5 Å². The molecule has 0 saturated carbocycles. The predicted molar refractivity (Wildman–Crippen MR) is 127 cm³/mol. The highest BCUT2D eigenvalue weighted by Crippen LogP contribution is 2.22. The second-order valence-corrected chi connectivity index (χ2v) is 7.32. The molecular weight excluding hydrogens is 422 g/mol. The van der Waals surface area contributed by atoms with E-state index in [2.05, 4.69) is 6.92 Å². The molecule has 0 amide bonds. The van der Waals surface area contributed by atoms with E-state index in [0.717, 1.165) is 68.2 Å². The molecule has 0 spiro atoms. The summed E-state index contributed by atoms with van der Waals surface area (Å²) in [5, 5.41) is 17.5. The average Bonchev–Trinajstić information content (AvgIpc) is 2.81. The fourth-order valence-electron chi connectivity index (χ4n) is 3.08. The number of carbonyl (C=O) groups is 3. The third-order valence-electron chi connectivity index (χ3n) is 4.85. The SMILES string of the molecule is CCCCCCOC(=O)c1ccc(CC)c(CC)c1C(=O)O.CCCCOC(=O)C=CC#N. The number of carboxylic acids is 1. The van der Waals surface area contributed by atoms with Crippen LogP contribution in [-0.2, 0) is 27.1 Å². The fraction of sp³-hybridized carbons (Fsp3) is 0.538. The Hall–Kier alpha value is -3.14. The summed E-state index contributed by atoms with van der Waals surface area (Å²) in [7, 11) is 0. The number of hydrogen-bond acceptors (Lipinski definition) is 6. The Morgan fingerprint density at radius 1 is 0.939 bits per heavy atom. The standard InChI is InChI=1S/C18H26O4.C8H11NO2/c1-4-7-8-9-12-22-18(21)15-11-10-13(5-2)14(6-3)16(15)17(19)20;1-2-3-7-11-8(10)5-4-6-9/h10-11H,4-9,12H2,1-3H3,(H,19,20);4-5H,2-3,7H2,1H3. The molecule has 0 aliphatic carbocycles. The van der Waals surface area contributed by atoms with Crippen LogP contribution in [0.3, 0.4) is 0 Å². The number of carbonyl (C=O) groups excluding carboxylic acids is 2. The van der Waals surface area contributed by atoms with Crippen molar-refractivity contribution in [2.75, 3.05) is 13.2 Å². The molecule has 182 valence electrons. The molecule has 7 heteroatoms. The number of benzene rings is 1. The smallest absolute Gasteiger partial charge is 0.339 e. The van der Waals surface area contributed by atoms with E-state index in [4.69, 9.17) is 14.7 Å². The van der Waals surface area contributed by atoms with Crippen molar-refractivity contribution in [2.24, 2.45) is 0 Å². The Morgan fingerprint density at radius 3 is 2.15 bits per heavy atom. The molecule has 0 aliphatic rings. The van der Waals surface area contributed by atoms with E-state index in [9.17, 15) is 19.5 Å². The third kappa shape index (κ3) is 11.9. The first-order valence-corrected chi connectivity index (χ1v) is 11.7. The molecule has 0 aromatic heterocycles. The molecule has 0 atom stereocenters. The van der Waals surface area contributed by atoms with Crippen molar-refractivity contribution in [3.8, 4) is 6.07 Å². The lowest BCUT2D eigenvalue weighted by molar-refractivity contribution is -0.137. The van der Waals surface area contributed by atoms with Crippen LogP contribution in [-0.4, -0.2) is 36.2 Å². The van der Waals surface area contributed by atoms with Crippen LogP contribution in [0.15, 0.2) is 24.3 Å². The van der Waals surface area contributed by atoms with Gasteiger partial charge in [0.05, 0.1) is 30.4 Å². The van der Waals surface area contributed by atoms with Crippen molar-refractivity contribution in [2.45, 2.75) is 79.1 Å². The number of unbranched alkanes of at least 4 members (excludes halogenated alkanes) is 4. The molecule has 33 heavy (non-hydrogen) atoms. The summed E-state index contributed by atoms with van der Waals surface area (Å²) in [6, 6.07) is 5.12. The molecule has 0 unspecified atom stereocenters. The fourth-order valence-corrected chi connectivity index (χ4v) is 3.08. The molecule has 0 bridgehead atoms. The van der Waals surface area contributed by atoms with Gasteiger partial charge in [0.1, 0.15) is 0 Å². The van der Waals surface area contributed by atoms with Crippen LogP contribution in [0.1, 0.15) is 98.1 Å². The molecular formula is C26H37NO6. The van der Waals surface area contributed by atoms with E-state index in [1.54, 1.807) is 12.1 Å². The number of allylic oxidation sites excluding steroid dienone is 1. The van der Waals surface area contributed by atoms with Gasteiger partial charge in [-0.05, 0) is 42.9 Å². The number of hydrogen-bond donors (Lipinski definition) is 1. The van der Waals surface area contributed by atoms with Crippen molar-refractivity contribution in [1.82, 2.24) is 0 Å². The Kier molecular flexibility index (Phi) is 16.7. The number of ether oxygens (including phenoxy) is 2. The van der Waals surface area contributed by atoms with Gasteiger partial charge in [0.2, 0.25) is 0 Å². The van der Waals surface area contributed by atoms with Crippen LogP contribution in [0.4, 0.5) is 0 Å². The van der Waals surface area contributed by atoms with E-state index >= 15 is 0 Å². The van der Waals surface area contributed by atoms with Gasteiger partial charge in [-0.2, -0.15) is 5.26 Å². The summed E-state index contributed by atoms with van der Waals surface area (Å²) in [5.41, 5.74) is 1.97. The number of carboxylic acid groups (broad SMARTS) is 1. The first-order valence-electron chi connectivity index (χ1n) is 11.7. The van der Waals surface area contributed by atoms with E-state index < -0.39 is 17.9 Å². The molecule has 7 nitrogen and oxygen atoms in total. The van der Waals surface area contributed by atoms with Gasteiger partial charge in [-0.25, -0.2) is 14.4 Å². The zero-order chi connectivity index (χ0) is 25.1. The first-order chi connectivity index (χ1) is 15.9. The summed E-state index contributed by atoms with van der Waals surface area (Å²) in [6.45, 7) is 8.79. The van der Waals surface area contributed by atoms with E-state index in [1.165, 1.54) is 0 Å². The van der Waals surface area contributed by atoms with E-state index in [-0.39, 0.29) is 11.1 Å². The lowest BCUT2D eigenvalue weighted by Gasteiger charge is -2.14. The maximum Gasteiger partial charge on any atom is 0.339 e. The molecule has 0 heterocycles. The molecule has 1 rings (SSSR count). The summed E-state index contributed by atoms with van der Waals surface area (Å²) >= 11 is 0. The minimum Gasteiger partial charge on any atom is -0.478 e. The van der Waals surface area contributed by atoms with Gasteiger partial charge in [0.25, 0.3) is 0 Å². The third-order valence-corrected chi connectivity index (χ3v) is 4.85. The maximum absolute atomic E-state index is 12.2. The highest BCUT2D eigenvalue weighted by atomic mass is 16.5. The summed E-state index contributed by atoms with van der Waals surface area (Å²) in [6.07, 6.45) is 9.49. The number of aromatic carboxylic acids is 1. The van der Waals surface area contributed by atoms with Crippen LogP contribution < -0.4 is 0 Å². The Balaban J connectivity index is 0.000000785. The molecule has 1 N–H and O–H groups in total. The number of rotatable bonds is 13. The van der Waals surface area contributed by atoms with Gasteiger partial charge in [0.15, 0.2) is 0 Å². The summed E-state index contributed by atoms with van der Waals surface area (Å²) in [4.78, 5) is 34.4. The number of nitrogens with zero attached hydrogens (tertiary/aromatic N) is 1. The molecule has 0 aliphatic heterocycles. The predicted octanol–water partition coefficient (Wildman–Crippen LogP) is 5.66. The van der Waals surface area contributed by atoms with Crippen LogP contribution >= 0.6 is 0 Å². The average molecular weight is 460 g/mol. The maximum atomic E-state index is 12.2. The highest BCUT2D eigenvalue weighted by molar-refractivity contribution is 6.03. The molecule has 1 aromatic carbocycles. The second kappa shape index (κ2) is 18.4. The topological polar surface area (TPSA) is 114 Å². The molecule has 0 radical (unpaired) electrons. The lowest BCUT2D eigenvalue weighted by atomic mass is 9.93. The second-order valence-electron chi connectivity index (χ2n) is 7.32. The van der Waals surface area contributed by atoms with Crippen LogP contribution in [0.5, 0.6) is 0 Å². The first kappa shape index (κ1) is 29.9.